The van der Waals surface area contributed by atoms with Crippen LogP contribution in [-0.2, 0) is 0 Å². The molecule has 0 radical (unpaired) electrons. The van der Waals surface area contributed by atoms with Gasteiger partial charge in [-0.05, 0) is 54.1 Å². The molecule has 0 aliphatic heterocycles. The Hall–Kier alpha value is -2.65. The fourth-order valence-corrected chi connectivity index (χ4v) is 1.41. The van der Waals surface area contributed by atoms with E-state index in [-0.39, 0.29) is 0 Å². The first-order chi connectivity index (χ1) is 8.81. The summed E-state index contributed by atoms with van der Waals surface area (Å²) in [7, 11) is 1.62. The van der Waals surface area contributed by atoms with Crippen molar-refractivity contribution in [2.75, 3.05) is 7.11 Å². The molecule has 0 aromatic heterocycles. The molecule has 0 spiro atoms. The van der Waals surface area contributed by atoms with Crippen LogP contribution in [-0.4, -0.2) is 7.11 Å². The number of benzene rings is 2. The standard InChI is InChI=1S/C13H11N3O2/c1-17-11-6-8-13(9-7-11)18-12-4-2-10(3-5-12)15-16-14/h2-9H,1H3. The van der Waals surface area contributed by atoms with Crippen LogP contribution in [0.15, 0.2) is 53.6 Å². The van der Waals surface area contributed by atoms with Gasteiger partial charge in [0.1, 0.15) is 17.2 Å². The maximum Gasteiger partial charge on any atom is 0.127 e. The zero-order valence-corrected chi connectivity index (χ0v) is 9.78. The van der Waals surface area contributed by atoms with E-state index >= 15 is 0 Å². The highest BCUT2D eigenvalue weighted by Crippen LogP contribution is 2.25. The van der Waals surface area contributed by atoms with E-state index in [1.54, 1.807) is 31.4 Å². The number of rotatable bonds is 4. The molecule has 0 aliphatic rings. The normalized spacial score (nSPS) is 9.39. The first kappa shape index (κ1) is 11.8. The van der Waals surface area contributed by atoms with Crippen molar-refractivity contribution in [2.45, 2.75) is 0 Å². The molecule has 2 aromatic carbocycles. The summed E-state index contributed by atoms with van der Waals surface area (Å²) < 4.78 is 10.7. The van der Waals surface area contributed by atoms with Gasteiger partial charge in [0.2, 0.25) is 0 Å². The summed E-state index contributed by atoms with van der Waals surface area (Å²) in [6, 6.07) is 14.2. The fraction of sp³-hybridized carbons (Fsp3) is 0.0769. The second-order valence-electron chi connectivity index (χ2n) is 3.46. The van der Waals surface area contributed by atoms with Crippen molar-refractivity contribution in [1.29, 1.82) is 0 Å². The highest BCUT2D eigenvalue weighted by atomic mass is 16.5. The molecule has 2 rings (SSSR count). The Balaban J connectivity index is 2.10. The second kappa shape index (κ2) is 5.61. The van der Waals surface area contributed by atoms with Gasteiger partial charge < -0.3 is 9.47 Å². The summed E-state index contributed by atoms with van der Waals surface area (Å²) in [5.41, 5.74) is 8.84. The molecular formula is C13H11N3O2. The van der Waals surface area contributed by atoms with Gasteiger partial charge in [-0.1, -0.05) is 5.11 Å². The van der Waals surface area contributed by atoms with Crippen LogP contribution < -0.4 is 9.47 Å². The minimum atomic E-state index is 0.555. The highest BCUT2D eigenvalue weighted by molar-refractivity contribution is 5.43. The topological polar surface area (TPSA) is 67.2 Å². The molecule has 0 atom stereocenters. The lowest BCUT2D eigenvalue weighted by atomic mass is 10.3. The molecule has 5 nitrogen and oxygen atoms in total. The predicted molar refractivity (Wildman–Crippen MR) is 68.3 cm³/mol. The largest absolute Gasteiger partial charge is 0.497 e. The summed E-state index contributed by atoms with van der Waals surface area (Å²) in [4.78, 5) is 2.71. The maximum atomic E-state index is 8.29. The highest BCUT2D eigenvalue weighted by Gasteiger charge is 1.98. The average Bonchev–Trinajstić information content (AvgIpc) is 2.42. The number of azide groups is 1. The van der Waals surface area contributed by atoms with E-state index in [2.05, 4.69) is 10.0 Å². The van der Waals surface area contributed by atoms with E-state index in [1.165, 1.54) is 0 Å². The quantitative estimate of drug-likeness (QED) is 0.451. The van der Waals surface area contributed by atoms with Gasteiger partial charge in [-0.3, -0.25) is 0 Å². The third kappa shape index (κ3) is 2.93. The van der Waals surface area contributed by atoms with E-state index < -0.39 is 0 Å². The SMILES string of the molecule is COc1ccc(Oc2ccc(N=[N+]=[N-])cc2)cc1. The summed E-state index contributed by atoms with van der Waals surface area (Å²) in [5.74, 6) is 2.17. The predicted octanol–water partition coefficient (Wildman–Crippen LogP) is 4.43. The molecule has 0 bridgehead atoms. The Bertz CT molecular complexity index is 558. The number of hydrogen-bond acceptors (Lipinski definition) is 3. The van der Waals surface area contributed by atoms with Crippen molar-refractivity contribution >= 4 is 5.69 Å². The van der Waals surface area contributed by atoms with Crippen LogP contribution in [0.5, 0.6) is 17.2 Å². The number of methoxy groups -OCH3 is 1. The Kier molecular flexibility index (Phi) is 3.69. The molecule has 0 heterocycles. The zero-order valence-electron chi connectivity index (χ0n) is 9.78. The molecule has 0 fully saturated rings. The molecule has 2 aromatic rings. The van der Waals surface area contributed by atoms with Crippen molar-refractivity contribution in [3.8, 4) is 17.2 Å². The van der Waals surface area contributed by atoms with Crippen molar-refractivity contribution in [2.24, 2.45) is 5.11 Å². The lowest BCUT2D eigenvalue weighted by molar-refractivity contribution is 0.413. The van der Waals surface area contributed by atoms with Crippen LogP contribution in [0.3, 0.4) is 0 Å². The van der Waals surface area contributed by atoms with Gasteiger partial charge in [-0.25, -0.2) is 0 Å². The second-order valence-corrected chi connectivity index (χ2v) is 3.46. The Morgan fingerprint density at radius 1 is 0.889 bits per heavy atom. The smallest absolute Gasteiger partial charge is 0.127 e. The van der Waals surface area contributed by atoms with E-state index in [0.717, 1.165) is 5.75 Å². The number of nitrogens with zero attached hydrogens (tertiary/aromatic N) is 3. The van der Waals surface area contributed by atoms with Crippen LogP contribution in [0.1, 0.15) is 0 Å². The van der Waals surface area contributed by atoms with Gasteiger partial charge in [-0.15, -0.1) is 0 Å². The Labute approximate surface area is 104 Å². The minimum absolute atomic E-state index is 0.555. The Morgan fingerprint density at radius 2 is 1.39 bits per heavy atom. The Morgan fingerprint density at radius 3 is 1.89 bits per heavy atom. The molecule has 5 heteroatoms. The lowest BCUT2D eigenvalue weighted by Crippen LogP contribution is -1.85. The van der Waals surface area contributed by atoms with Crippen LogP contribution >= 0.6 is 0 Å². The molecule has 0 N–H and O–H groups in total. The van der Waals surface area contributed by atoms with Gasteiger partial charge in [0.05, 0.1) is 7.11 Å². The van der Waals surface area contributed by atoms with E-state index in [1.807, 2.05) is 24.3 Å². The molecule has 0 amide bonds. The average molecular weight is 241 g/mol. The maximum absolute atomic E-state index is 8.29. The van der Waals surface area contributed by atoms with Crippen LogP contribution in [0, 0.1) is 0 Å². The summed E-state index contributed by atoms with van der Waals surface area (Å²) in [6.07, 6.45) is 0. The fourth-order valence-electron chi connectivity index (χ4n) is 1.41. The van der Waals surface area contributed by atoms with Gasteiger partial charge in [0.25, 0.3) is 0 Å². The van der Waals surface area contributed by atoms with Gasteiger partial charge in [0, 0.05) is 10.6 Å². The molecule has 0 aliphatic carbocycles. The van der Waals surface area contributed by atoms with Crippen molar-refractivity contribution in [3.63, 3.8) is 0 Å². The van der Waals surface area contributed by atoms with Crippen molar-refractivity contribution < 1.29 is 9.47 Å². The molecule has 18 heavy (non-hydrogen) atoms. The summed E-state index contributed by atoms with van der Waals surface area (Å²) in [5, 5.41) is 3.49. The third-order valence-electron chi connectivity index (χ3n) is 2.29. The first-order valence-electron chi connectivity index (χ1n) is 5.29. The van der Waals surface area contributed by atoms with Crippen LogP contribution in [0.4, 0.5) is 5.69 Å². The van der Waals surface area contributed by atoms with E-state index in [0.29, 0.717) is 17.2 Å². The van der Waals surface area contributed by atoms with Crippen LogP contribution in [0.2, 0.25) is 0 Å². The molecule has 90 valence electrons. The van der Waals surface area contributed by atoms with Gasteiger partial charge in [0.15, 0.2) is 0 Å². The van der Waals surface area contributed by atoms with Crippen LogP contribution in [0.25, 0.3) is 10.4 Å². The third-order valence-corrected chi connectivity index (χ3v) is 2.29. The molecule has 0 unspecified atom stereocenters. The van der Waals surface area contributed by atoms with E-state index in [4.69, 9.17) is 15.0 Å². The molecular weight excluding hydrogens is 230 g/mol. The van der Waals surface area contributed by atoms with E-state index in [9.17, 15) is 0 Å². The number of hydrogen-bond donors (Lipinski definition) is 0. The monoisotopic (exact) mass is 241 g/mol. The summed E-state index contributed by atoms with van der Waals surface area (Å²) in [6.45, 7) is 0. The zero-order chi connectivity index (χ0) is 12.8. The summed E-state index contributed by atoms with van der Waals surface area (Å²) >= 11 is 0. The van der Waals surface area contributed by atoms with Gasteiger partial charge >= 0.3 is 0 Å². The number of ether oxygens (including phenoxy) is 2. The molecule has 0 saturated heterocycles. The van der Waals surface area contributed by atoms with Crippen molar-refractivity contribution in [1.82, 2.24) is 0 Å². The van der Waals surface area contributed by atoms with Gasteiger partial charge in [-0.2, -0.15) is 0 Å². The van der Waals surface area contributed by atoms with Crippen molar-refractivity contribution in [3.05, 3.63) is 59.0 Å². The minimum Gasteiger partial charge on any atom is -0.497 e. The first-order valence-corrected chi connectivity index (χ1v) is 5.29. The molecule has 0 saturated carbocycles. The lowest BCUT2D eigenvalue weighted by Gasteiger charge is -2.06.